The van der Waals surface area contributed by atoms with E-state index in [2.05, 4.69) is 31.3 Å². The van der Waals surface area contributed by atoms with E-state index < -0.39 is 5.97 Å². The van der Waals surface area contributed by atoms with Crippen molar-refractivity contribution in [3.8, 4) is 11.1 Å². The third-order valence-electron chi connectivity index (χ3n) is 13.0. The van der Waals surface area contributed by atoms with Gasteiger partial charge in [-0.05, 0) is 118 Å². The lowest BCUT2D eigenvalue weighted by molar-refractivity contribution is -0.201. The van der Waals surface area contributed by atoms with Crippen LogP contribution >= 0.6 is 11.3 Å². The Morgan fingerprint density at radius 2 is 1.73 bits per heavy atom. The van der Waals surface area contributed by atoms with Gasteiger partial charge in [0.25, 0.3) is 5.91 Å². The number of amides is 1. The number of ether oxygens (including phenoxy) is 3. The van der Waals surface area contributed by atoms with Crippen LogP contribution in [0.5, 0.6) is 0 Å². The fourth-order valence-electron chi connectivity index (χ4n) is 10.8. The molecule has 4 heterocycles. The monoisotopic (exact) mass is 819 g/mol. The predicted molar refractivity (Wildman–Crippen MR) is 227 cm³/mol. The van der Waals surface area contributed by atoms with E-state index in [0.29, 0.717) is 86.5 Å². The zero-order chi connectivity index (χ0) is 40.6. The minimum Gasteiger partial charge on any atom is -0.476 e. The summed E-state index contributed by atoms with van der Waals surface area (Å²) in [7, 11) is 1.91. The van der Waals surface area contributed by atoms with Crippen molar-refractivity contribution in [3.63, 3.8) is 0 Å². The Kier molecular flexibility index (Phi) is 11.3. The van der Waals surface area contributed by atoms with Crippen LogP contribution in [0.25, 0.3) is 21.3 Å². The van der Waals surface area contributed by atoms with Gasteiger partial charge in [-0.2, -0.15) is 5.10 Å². The summed E-state index contributed by atoms with van der Waals surface area (Å²) in [6.07, 6.45) is 9.36. The lowest BCUT2D eigenvalue weighted by atomic mass is 9.48. The van der Waals surface area contributed by atoms with Gasteiger partial charge in [0.1, 0.15) is 5.82 Å². The molecule has 2 atom stereocenters. The number of rotatable bonds is 17. The molecule has 2 unspecified atom stereocenters. The zero-order valence-electron chi connectivity index (χ0n) is 33.9. The Hall–Kier alpha value is -4.73. The van der Waals surface area contributed by atoms with E-state index in [0.717, 1.165) is 65.0 Å². The van der Waals surface area contributed by atoms with Gasteiger partial charge in [0.05, 0.1) is 55.0 Å². The standard InChI is InChI=1S/C45H53N7O6S/c1-29-35(25-47-52(29)28-44-21-30-20-31(22-44)24-45(23-30,27-44)58-19-18-57-17-16-56-15-13-46-2)33-10-11-39(49-40(33)42(54)55)51-14-12-32-6-5-7-34(36(32)26-51)41(53)50-43-48-37-8-3-4-9-38(37)59-43/h3-11,25,30-31,46H,12-24,26-28H2,1-2H3,(H,54,55)(H,48,50,53)/t30?,31?,44-,45+. The topological polar surface area (TPSA) is 153 Å². The van der Waals surface area contributed by atoms with Gasteiger partial charge >= 0.3 is 5.97 Å². The second-order valence-electron chi connectivity index (χ2n) is 17.0. The van der Waals surface area contributed by atoms with E-state index in [4.69, 9.17) is 24.3 Å². The highest BCUT2D eigenvalue weighted by atomic mass is 32.1. The molecule has 10 rings (SSSR count). The molecule has 14 heteroatoms. The third kappa shape index (κ3) is 8.25. The van der Waals surface area contributed by atoms with Crippen LogP contribution in [-0.4, -0.2) is 95.5 Å². The van der Waals surface area contributed by atoms with Crippen LogP contribution in [-0.2, 0) is 33.7 Å². The summed E-state index contributed by atoms with van der Waals surface area (Å²) in [5.41, 5.74) is 5.66. The van der Waals surface area contributed by atoms with Gasteiger partial charge < -0.3 is 29.5 Å². The van der Waals surface area contributed by atoms with Crippen LogP contribution in [0.2, 0.25) is 0 Å². The van der Waals surface area contributed by atoms with Gasteiger partial charge in [-0.15, -0.1) is 0 Å². The van der Waals surface area contributed by atoms with E-state index >= 15 is 0 Å². The number of hydrogen-bond donors (Lipinski definition) is 3. The lowest BCUT2D eigenvalue weighted by Crippen LogP contribution is -2.58. The van der Waals surface area contributed by atoms with Crippen molar-refractivity contribution in [3.05, 3.63) is 88.9 Å². The van der Waals surface area contributed by atoms with Crippen molar-refractivity contribution in [1.29, 1.82) is 0 Å². The lowest BCUT2D eigenvalue weighted by Gasteiger charge is -2.61. The van der Waals surface area contributed by atoms with Crippen LogP contribution < -0.4 is 15.5 Å². The van der Waals surface area contributed by atoms with Crippen molar-refractivity contribution in [2.75, 3.05) is 63.4 Å². The number of hydrogen-bond acceptors (Lipinski definition) is 11. The SMILES string of the molecule is CNCCOCCOCCO[C@]12CC3CC(C[C@](Cn4ncc(-c5ccc(N6CCc7cccc(C(=O)Nc8nc9ccccc9s8)c7C6)nc5C(=O)O)c4C)(C3)C1)C2. The Morgan fingerprint density at radius 3 is 2.53 bits per heavy atom. The number of aromatic nitrogens is 4. The molecule has 2 aromatic carbocycles. The number of carbonyl (C=O) groups is 2. The summed E-state index contributed by atoms with van der Waals surface area (Å²) in [6.45, 7) is 7.71. The average molecular weight is 820 g/mol. The molecule has 1 amide bonds. The van der Waals surface area contributed by atoms with E-state index in [1.54, 1.807) is 6.20 Å². The van der Waals surface area contributed by atoms with Crippen LogP contribution in [0.1, 0.15) is 76.2 Å². The predicted octanol–water partition coefficient (Wildman–Crippen LogP) is 6.98. The van der Waals surface area contributed by atoms with Crippen molar-refractivity contribution < 1.29 is 28.9 Å². The summed E-state index contributed by atoms with van der Waals surface area (Å²) >= 11 is 1.44. The van der Waals surface area contributed by atoms with Gasteiger partial charge in [-0.1, -0.05) is 35.6 Å². The molecule has 13 nitrogen and oxygen atoms in total. The number of nitrogens with zero attached hydrogens (tertiary/aromatic N) is 5. The molecular formula is C45H53N7O6S. The van der Waals surface area contributed by atoms with Crippen LogP contribution in [0.4, 0.5) is 10.9 Å². The molecule has 4 fully saturated rings. The molecule has 0 spiro atoms. The van der Waals surface area contributed by atoms with Crippen molar-refractivity contribution in [1.82, 2.24) is 25.1 Å². The Balaban J connectivity index is 0.882. The molecule has 310 valence electrons. The van der Waals surface area contributed by atoms with Crippen molar-refractivity contribution in [2.24, 2.45) is 17.3 Å². The number of aromatic carboxylic acids is 1. The number of carboxylic acids is 1. The summed E-state index contributed by atoms with van der Waals surface area (Å²) < 4.78 is 21.2. The molecule has 3 aromatic heterocycles. The maximum atomic E-state index is 13.6. The normalized spacial score (nSPS) is 23.2. The molecule has 5 aliphatic rings. The minimum absolute atomic E-state index is 0.00767. The molecule has 4 aliphatic carbocycles. The first kappa shape index (κ1) is 39.7. The fraction of sp³-hybridized carbons (Fsp3) is 0.489. The Labute approximate surface area is 348 Å². The van der Waals surface area contributed by atoms with Crippen LogP contribution in [0.3, 0.4) is 0 Å². The summed E-state index contributed by atoms with van der Waals surface area (Å²) in [5, 5.41) is 22.0. The van der Waals surface area contributed by atoms with Crippen LogP contribution in [0.15, 0.2) is 60.8 Å². The maximum Gasteiger partial charge on any atom is 0.355 e. The first-order valence-corrected chi connectivity index (χ1v) is 21.8. The van der Waals surface area contributed by atoms with Gasteiger partial charge in [-0.3, -0.25) is 14.8 Å². The van der Waals surface area contributed by atoms with E-state index in [-0.39, 0.29) is 22.6 Å². The van der Waals surface area contributed by atoms with E-state index in [9.17, 15) is 14.7 Å². The van der Waals surface area contributed by atoms with Gasteiger partial charge in [0, 0.05) is 48.6 Å². The number of anilines is 2. The van der Waals surface area contributed by atoms with Gasteiger partial charge in [0.2, 0.25) is 0 Å². The number of benzene rings is 2. The molecule has 59 heavy (non-hydrogen) atoms. The Morgan fingerprint density at radius 1 is 0.932 bits per heavy atom. The largest absolute Gasteiger partial charge is 0.476 e. The summed E-state index contributed by atoms with van der Waals surface area (Å²) in [6, 6.07) is 17.4. The number of carboxylic acid groups (broad SMARTS) is 1. The minimum atomic E-state index is -1.09. The summed E-state index contributed by atoms with van der Waals surface area (Å²) in [5.74, 6) is 0.547. The number of nitrogens with one attached hydrogen (secondary N) is 2. The smallest absolute Gasteiger partial charge is 0.355 e. The van der Waals surface area contributed by atoms with E-state index in [1.165, 1.54) is 30.6 Å². The molecule has 4 bridgehead atoms. The first-order valence-electron chi connectivity index (χ1n) is 20.9. The van der Waals surface area contributed by atoms with Gasteiger partial charge in [0.15, 0.2) is 10.8 Å². The molecule has 0 radical (unpaired) electrons. The van der Waals surface area contributed by atoms with Crippen LogP contribution in [0, 0.1) is 24.2 Å². The highest BCUT2D eigenvalue weighted by Crippen LogP contribution is 2.63. The zero-order valence-corrected chi connectivity index (χ0v) is 34.7. The van der Waals surface area contributed by atoms with Crippen molar-refractivity contribution in [2.45, 2.75) is 70.6 Å². The van der Waals surface area contributed by atoms with Crippen molar-refractivity contribution >= 4 is 44.4 Å². The molecule has 3 N–H and O–H groups in total. The number of para-hydroxylation sites is 1. The quantitative estimate of drug-likeness (QED) is 0.0833. The second kappa shape index (κ2) is 16.7. The number of likely N-dealkylation sites (N-methyl/N-ethyl adjacent to an activating group) is 1. The molecule has 5 aromatic rings. The molecule has 4 saturated carbocycles. The highest BCUT2D eigenvalue weighted by molar-refractivity contribution is 7.22. The number of carbonyl (C=O) groups excluding carboxylic acids is 1. The maximum absolute atomic E-state index is 13.6. The second-order valence-corrected chi connectivity index (χ2v) is 18.1. The number of fused-ring (bicyclic) bond motifs is 2. The fourth-order valence-corrected chi connectivity index (χ4v) is 11.7. The molecular weight excluding hydrogens is 767 g/mol. The Bertz CT molecular complexity index is 2300. The third-order valence-corrected chi connectivity index (χ3v) is 13.9. The first-order chi connectivity index (χ1) is 28.7. The number of thiazole rings is 1. The van der Waals surface area contributed by atoms with E-state index in [1.807, 2.05) is 62.5 Å². The molecule has 1 aliphatic heterocycles. The number of pyridine rings is 1. The molecule has 0 saturated heterocycles. The van der Waals surface area contributed by atoms with Gasteiger partial charge in [-0.25, -0.2) is 14.8 Å². The summed E-state index contributed by atoms with van der Waals surface area (Å²) in [4.78, 5) is 37.9. The highest BCUT2D eigenvalue weighted by Gasteiger charge is 2.58. The average Bonchev–Trinajstić information content (AvgIpc) is 3.80.